The van der Waals surface area contributed by atoms with Gasteiger partial charge in [-0.05, 0) is 17.7 Å². The molecule has 5 nitrogen and oxygen atoms in total. The van der Waals surface area contributed by atoms with Crippen molar-refractivity contribution >= 4 is 21.9 Å². The molecule has 1 aromatic carbocycles. The minimum absolute atomic E-state index is 0.113. The van der Waals surface area contributed by atoms with Crippen LogP contribution >= 0.6 is 0 Å². The van der Waals surface area contributed by atoms with E-state index in [0.717, 1.165) is 0 Å². The quantitative estimate of drug-likeness (QED) is 0.769. The van der Waals surface area contributed by atoms with Gasteiger partial charge in [-0.15, -0.1) is 0 Å². The van der Waals surface area contributed by atoms with Crippen molar-refractivity contribution in [2.45, 2.75) is 10.9 Å². The maximum absolute atomic E-state index is 11.9. The molecule has 2 rings (SSSR count). The fourth-order valence-corrected chi connectivity index (χ4v) is 3.25. The zero-order chi connectivity index (χ0) is 11.9. The maximum atomic E-state index is 11.9. The molecule has 0 amide bonds. The molecular formula is C10H9NO4S. The standard InChI is InChI=1S/C10H9NO4S/c11-9(10(12)13)8-5-6-3-1-2-4-7(6)16(8,14)15/h1-5,9H,11H2,(H,12,13). The normalized spacial score (nSPS) is 18.7. The zero-order valence-corrected chi connectivity index (χ0v) is 8.94. The van der Waals surface area contributed by atoms with Crippen molar-refractivity contribution in [3.63, 3.8) is 0 Å². The van der Waals surface area contributed by atoms with Gasteiger partial charge < -0.3 is 10.8 Å². The second-order valence-corrected chi connectivity index (χ2v) is 5.32. The number of carboxylic acid groups (broad SMARTS) is 1. The molecule has 0 radical (unpaired) electrons. The number of benzene rings is 1. The Hall–Kier alpha value is -1.66. The van der Waals surface area contributed by atoms with Crippen LogP contribution in [-0.4, -0.2) is 25.5 Å². The van der Waals surface area contributed by atoms with Crippen LogP contribution in [0.15, 0.2) is 34.1 Å². The number of sulfone groups is 1. The highest BCUT2D eigenvalue weighted by Crippen LogP contribution is 2.33. The van der Waals surface area contributed by atoms with E-state index in [4.69, 9.17) is 10.8 Å². The van der Waals surface area contributed by atoms with E-state index in [-0.39, 0.29) is 9.80 Å². The van der Waals surface area contributed by atoms with Crippen LogP contribution in [0.2, 0.25) is 0 Å². The van der Waals surface area contributed by atoms with Gasteiger partial charge in [-0.1, -0.05) is 18.2 Å². The second-order valence-electron chi connectivity index (χ2n) is 3.40. The van der Waals surface area contributed by atoms with E-state index >= 15 is 0 Å². The number of carbonyl (C=O) groups is 1. The fourth-order valence-electron chi connectivity index (χ4n) is 1.58. The lowest BCUT2D eigenvalue weighted by molar-refractivity contribution is -0.137. The molecule has 16 heavy (non-hydrogen) atoms. The maximum Gasteiger partial charge on any atom is 0.325 e. The van der Waals surface area contributed by atoms with Crippen molar-refractivity contribution in [1.82, 2.24) is 0 Å². The van der Waals surface area contributed by atoms with Gasteiger partial charge in [-0.3, -0.25) is 4.79 Å². The Morgan fingerprint density at radius 3 is 2.50 bits per heavy atom. The van der Waals surface area contributed by atoms with E-state index in [1.54, 1.807) is 18.2 Å². The number of aliphatic carboxylic acids is 1. The van der Waals surface area contributed by atoms with E-state index in [1.807, 2.05) is 0 Å². The summed E-state index contributed by atoms with van der Waals surface area (Å²) < 4.78 is 23.8. The first kappa shape index (κ1) is 10.8. The van der Waals surface area contributed by atoms with Gasteiger partial charge in [-0.25, -0.2) is 8.42 Å². The zero-order valence-electron chi connectivity index (χ0n) is 8.12. The van der Waals surface area contributed by atoms with Crippen molar-refractivity contribution in [2.24, 2.45) is 5.73 Å². The summed E-state index contributed by atoms with van der Waals surface area (Å²) in [7, 11) is -3.74. The van der Waals surface area contributed by atoms with E-state index in [9.17, 15) is 13.2 Å². The number of hydrogen-bond donors (Lipinski definition) is 2. The van der Waals surface area contributed by atoms with Crippen LogP contribution in [0.4, 0.5) is 0 Å². The Labute approximate surface area is 92.1 Å². The van der Waals surface area contributed by atoms with Crippen molar-refractivity contribution < 1.29 is 18.3 Å². The van der Waals surface area contributed by atoms with Gasteiger partial charge in [0.2, 0.25) is 9.84 Å². The molecule has 6 heteroatoms. The highest BCUT2D eigenvalue weighted by atomic mass is 32.2. The SMILES string of the molecule is NC(C(=O)O)C1=Cc2ccccc2S1(=O)=O. The molecule has 0 spiro atoms. The summed E-state index contributed by atoms with van der Waals surface area (Å²) in [5.41, 5.74) is 5.81. The predicted molar refractivity (Wildman–Crippen MR) is 57.2 cm³/mol. The third kappa shape index (κ3) is 1.43. The Kier molecular flexibility index (Phi) is 2.32. The lowest BCUT2D eigenvalue weighted by Gasteiger charge is -2.07. The van der Waals surface area contributed by atoms with Crippen LogP contribution in [0.5, 0.6) is 0 Å². The van der Waals surface area contributed by atoms with Gasteiger partial charge in [0.05, 0.1) is 9.80 Å². The number of hydrogen-bond acceptors (Lipinski definition) is 4. The van der Waals surface area contributed by atoms with Crippen LogP contribution in [0.3, 0.4) is 0 Å². The number of carboxylic acids is 1. The lowest BCUT2D eigenvalue weighted by atomic mass is 10.2. The van der Waals surface area contributed by atoms with Crippen LogP contribution in [0.25, 0.3) is 6.08 Å². The summed E-state index contributed by atoms with van der Waals surface area (Å²) >= 11 is 0. The van der Waals surface area contributed by atoms with E-state index in [1.165, 1.54) is 12.1 Å². The van der Waals surface area contributed by atoms with Crippen LogP contribution in [0.1, 0.15) is 5.56 Å². The molecule has 1 aliphatic rings. The molecule has 1 aliphatic heterocycles. The van der Waals surface area contributed by atoms with Crippen molar-refractivity contribution in [3.8, 4) is 0 Å². The smallest absolute Gasteiger partial charge is 0.325 e. The summed E-state index contributed by atoms with van der Waals surface area (Å²) in [6.45, 7) is 0. The van der Waals surface area contributed by atoms with Gasteiger partial charge in [0.15, 0.2) is 0 Å². The number of rotatable bonds is 2. The molecule has 0 aromatic heterocycles. The third-order valence-corrected chi connectivity index (χ3v) is 4.33. The minimum Gasteiger partial charge on any atom is -0.480 e. The average molecular weight is 239 g/mol. The molecule has 0 saturated heterocycles. The third-order valence-electron chi connectivity index (χ3n) is 2.39. The van der Waals surface area contributed by atoms with E-state index < -0.39 is 21.8 Å². The highest BCUT2D eigenvalue weighted by Gasteiger charge is 2.35. The Balaban J connectivity index is 2.60. The molecule has 0 saturated carbocycles. The molecule has 0 bridgehead atoms. The molecule has 0 fully saturated rings. The lowest BCUT2D eigenvalue weighted by Crippen LogP contribution is -2.34. The Bertz CT molecular complexity index is 589. The van der Waals surface area contributed by atoms with Crippen LogP contribution in [-0.2, 0) is 14.6 Å². The fraction of sp³-hybridized carbons (Fsp3) is 0.100. The number of nitrogens with two attached hydrogens (primary N) is 1. The molecule has 0 aliphatic carbocycles. The highest BCUT2D eigenvalue weighted by molar-refractivity contribution is 7.96. The first-order chi connectivity index (χ1) is 7.44. The Morgan fingerprint density at radius 1 is 1.31 bits per heavy atom. The van der Waals surface area contributed by atoms with Gasteiger partial charge in [-0.2, -0.15) is 0 Å². The molecule has 84 valence electrons. The summed E-state index contributed by atoms with van der Waals surface area (Å²) in [6.07, 6.45) is 1.31. The molecule has 1 unspecified atom stereocenters. The van der Waals surface area contributed by atoms with Gasteiger partial charge in [0.25, 0.3) is 0 Å². The predicted octanol–water partition coefficient (Wildman–Crippen LogP) is 0.227. The molecule has 3 N–H and O–H groups in total. The minimum atomic E-state index is -3.74. The summed E-state index contributed by atoms with van der Waals surface area (Å²) in [6, 6.07) is 4.79. The van der Waals surface area contributed by atoms with Crippen LogP contribution < -0.4 is 5.73 Å². The van der Waals surface area contributed by atoms with Crippen molar-refractivity contribution in [3.05, 3.63) is 34.7 Å². The summed E-state index contributed by atoms with van der Waals surface area (Å²) in [5, 5.41) is 8.72. The van der Waals surface area contributed by atoms with E-state index in [2.05, 4.69) is 0 Å². The van der Waals surface area contributed by atoms with Crippen LogP contribution in [0, 0.1) is 0 Å². The monoisotopic (exact) mass is 239 g/mol. The van der Waals surface area contributed by atoms with E-state index in [0.29, 0.717) is 5.56 Å². The molecular weight excluding hydrogens is 230 g/mol. The second kappa shape index (κ2) is 3.43. The first-order valence-corrected chi connectivity index (χ1v) is 5.97. The molecule has 1 atom stereocenters. The van der Waals surface area contributed by atoms with Gasteiger partial charge in [0.1, 0.15) is 6.04 Å². The van der Waals surface area contributed by atoms with Gasteiger partial charge in [0, 0.05) is 0 Å². The summed E-state index contributed by atoms with van der Waals surface area (Å²) in [4.78, 5) is 10.5. The van der Waals surface area contributed by atoms with Crippen molar-refractivity contribution in [1.29, 1.82) is 0 Å². The number of fused-ring (bicyclic) bond motifs is 1. The average Bonchev–Trinajstić information content (AvgIpc) is 2.50. The summed E-state index contributed by atoms with van der Waals surface area (Å²) in [5.74, 6) is -1.36. The topological polar surface area (TPSA) is 97.5 Å². The van der Waals surface area contributed by atoms with Gasteiger partial charge >= 0.3 is 5.97 Å². The van der Waals surface area contributed by atoms with Crippen molar-refractivity contribution in [2.75, 3.05) is 0 Å². The molecule has 1 aromatic rings. The first-order valence-electron chi connectivity index (χ1n) is 4.48. The molecule has 1 heterocycles. The Morgan fingerprint density at radius 2 is 1.94 bits per heavy atom. The largest absolute Gasteiger partial charge is 0.480 e.